The van der Waals surface area contributed by atoms with Crippen molar-refractivity contribution in [3.8, 4) is 5.75 Å². The van der Waals surface area contributed by atoms with E-state index in [0.29, 0.717) is 12.4 Å². The second-order valence-corrected chi connectivity index (χ2v) is 8.23. The molecule has 0 fully saturated rings. The van der Waals surface area contributed by atoms with Gasteiger partial charge in [0.2, 0.25) is 10.0 Å². The third-order valence-electron chi connectivity index (χ3n) is 3.91. The highest BCUT2D eigenvalue weighted by atomic mass is 32.2. The second kappa shape index (κ2) is 9.02. The van der Waals surface area contributed by atoms with E-state index in [-0.39, 0.29) is 24.8 Å². The zero-order chi connectivity index (χ0) is 19.2. The monoisotopic (exact) mass is 383 g/mol. The van der Waals surface area contributed by atoms with Crippen molar-refractivity contribution in [2.75, 3.05) is 46.7 Å². The molecule has 0 atom stereocenters. The summed E-state index contributed by atoms with van der Waals surface area (Å²) >= 11 is 0. The number of benzene rings is 1. The summed E-state index contributed by atoms with van der Waals surface area (Å²) in [7, 11) is 1.24. The molecule has 1 heterocycles. The van der Waals surface area contributed by atoms with Crippen molar-refractivity contribution < 1.29 is 22.7 Å². The van der Waals surface area contributed by atoms with Crippen molar-refractivity contribution in [3.05, 3.63) is 30.5 Å². The van der Waals surface area contributed by atoms with Gasteiger partial charge in [-0.1, -0.05) is 6.07 Å². The molecule has 0 aliphatic carbocycles. The summed E-state index contributed by atoms with van der Waals surface area (Å²) in [5.74, 6) is 0.0911. The number of methoxy groups -OCH3 is 1. The lowest BCUT2D eigenvalue weighted by molar-refractivity contribution is -0.122. The molecule has 0 radical (unpaired) electrons. The Morgan fingerprint density at radius 1 is 1.27 bits per heavy atom. The van der Waals surface area contributed by atoms with Crippen LogP contribution in [0.3, 0.4) is 0 Å². The predicted octanol–water partition coefficient (Wildman–Crippen LogP) is 0.674. The van der Waals surface area contributed by atoms with Gasteiger partial charge < -0.3 is 19.4 Å². The van der Waals surface area contributed by atoms with Crippen LogP contribution in [0.25, 0.3) is 10.9 Å². The van der Waals surface area contributed by atoms with Gasteiger partial charge in [0.05, 0.1) is 17.9 Å². The fourth-order valence-corrected chi connectivity index (χ4v) is 3.13. The minimum Gasteiger partial charge on any atom is -0.483 e. The number of sulfonamides is 1. The van der Waals surface area contributed by atoms with Crippen LogP contribution in [0.15, 0.2) is 30.5 Å². The third-order valence-corrected chi connectivity index (χ3v) is 5.74. The summed E-state index contributed by atoms with van der Waals surface area (Å²) in [5.41, 5.74) is 0.997. The maximum absolute atomic E-state index is 11.9. The first-order valence-corrected chi connectivity index (χ1v) is 9.82. The number of nitrogens with zero attached hydrogens (tertiary/aromatic N) is 2. The number of carbonyl (C=O) groups is 1. The molecule has 0 saturated heterocycles. The summed E-state index contributed by atoms with van der Waals surface area (Å²) in [6, 6.07) is 7.57. The Hall–Kier alpha value is -2.10. The van der Waals surface area contributed by atoms with Gasteiger partial charge in [0.15, 0.2) is 6.61 Å². The molecule has 1 aromatic carbocycles. The number of hydrogen-bond acceptors (Lipinski definition) is 5. The zero-order valence-electron chi connectivity index (χ0n) is 15.3. The van der Waals surface area contributed by atoms with Crippen molar-refractivity contribution >= 4 is 26.8 Å². The average Bonchev–Trinajstić information content (AvgIpc) is 3.01. The van der Waals surface area contributed by atoms with Crippen molar-refractivity contribution in [1.82, 2.24) is 14.2 Å². The molecule has 2 aromatic rings. The van der Waals surface area contributed by atoms with Crippen LogP contribution in [-0.2, 0) is 26.1 Å². The first kappa shape index (κ1) is 20.2. The zero-order valence-corrected chi connectivity index (χ0v) is 16.1. The summed E-state index contributed by atoms with van der Waals surface area (Å²) in [6.45, 7) is 1.20. The van der Waals surface area contributed by atoms with E-state index < -0.39 is 10.0 Å². The van der Waals surface area contributed by atoms with E-state index in [2.05, 4.69) is 9.88 Å². The number of aromatic nitrogens is 1. The molecular formula is C17H25N3O5S. The largest absolute Gasteiger partial charge is 0.483 e. The SMILES string of the molecule is COCCn1ccc2c(OCC(=O)NCCS(=O)(=O)N(C)C)cccc21. The molecule has 26 heavy (non-hydrogen) atoms. The van der Waals surface area contributed by atoms with E-state index in [4.69, 9.17) is 9.47 Å². The lowest BCUT2D eigenvalue weighted by atomic mass is 10.2. The van der Waals surface area contributed by atoms with Crippen LogP contribution < -0.4 is 10.1 Å². The first-order valence-electron chi connectivity index (χ1n) is 8.21. The van der Waals surface area contributed by atoms with Crippen LogP contribution in [0.2, 0.25) is 0 Å². The van der Waals surface area contributed by atoms with Crippen molar-refractivity contribution in [2.45, 2.75) is 6.54 Å². The first-order chi connectivity index (χ1) is 12.3. The fraction of sp³-hybridized carbons (Fsp3) is 0.471. The molecule has 2 rings (SSSR count). The van der Waals surface area contributed by atoms with Gasteiger partial charge in [0.25, 0.3) is 5.91 Å². The van der Waals surface area contributed by atoms with E-state index in [1.165, 1.54) is 14.1 Å². The molecule has 0 unspecified atom stereocenters. The van der Waals surface area contributed by atoms with Gasteiger partial charge in [-0.2, -0.15) is 0 Å². The molecule has 0 spiro atoms. The quantitative estimate of drug-likeness (QED) is 0.651. The molecule has 0 bridgehead atoms. The predicted molar refractivity (Wildman–Crippen MR) is 99.8 cm³/mol. The third kappa shape index (κ3) is 5.20. The Morgan fingerprint density at radius 3 is 2.73 bits per heavy atom. The molecule has 9 heteroatoms. The van der Waals surface area contributed by atoms with E-state index >= 15 is 0 Å². The molecule has 144 valence electrons. The van der Waals surface area contributed by atoms with Crippen molar-refractivity contribution in [1.29, 1.82) is 0 Å². The minimum atomic E-state index is -3.33. The number of rotatable bonds is 10. The van der Waals surface area contributed by atoms with E-state index in [9.17, 15) is 13.2 Å². The number of hydrogen-bond donors (Lipinski definition) is 1. The maximum Gasteiger partial charge on any atom is 0.257 e. The maximum atomic E-state index is 11.9. The molecule has 0 saturated carbocycles. The highest BCUT2D eigenvalue weighted by molar-refractivity contribution is 7.89. The second-order valence-electron chi connectivity index (χ2n) is 5.93. The van der Waals surface area contributed by atoms with Gasteiger partial charge in [-0.3, -0.25) is 4.79 Å². The summed E-state index contributed by atoms with van der Waals surface area (Å²) < 4.78 is 37.2. The van der Waals surface area contributed by atoms with E-state index in [1.807, 2.05) is 24.4 Å². The normalized spacial score (nSPS) is 11.8. The van der Waals surface area contributed by atoms with Gasteiger partial charge in [0, 0.05) is 45.9 Å². The smallest absolute Gasteiger partial charge is 0.257 e. The van der Waals surface area contributed by atoms with Gasteiger partial charge in [-0.15, -0.1) is 0 Å². The van der Waals surface area contributed by atoms with Crippen molar-refractivity contribution in [2.24, 2.45) is 0 Å². The van der Waals surface area contributed by atoms with Gasteiger partial charge in [-0.25, -0.2) is 12.7 Å². The number of carbonyl (C=O) groups excluding carboxylic acids is 1. The van der Waals surface area contributed by atoms with Crippen LogP contribution in [0.1, 0.15) is 0 Å². The molecule has 0 aliphatic rings. The Kier molecular flexibility index (Phi) is 7.01. The van der Waals surface area contributed by atoms with Crippen LogP contribution in [-0.4, -0.2) is 69.9 Å². The molecule has 0 aliphatic heterocycles. The molecule has 1 amide bonds. The number of nitrogens with one attached hydrogen (secondary N) is 1. The number of amides is 1. The Labute approximate surface area is 153 Å². The fourth-order valence-electron chi connectivity index (χ4n) is 2.40. The Bertz CT molecular complexity index is 845. The molecular weight excluding hydrogens is 358 g/mol. The van der Waals surface area contributed by atoms with E-state index in [0.717, 1.165) is 21.8 Å². The van der Waals surface area contributed by atoms with Gasteiger partial charge in [-0.05, 0) is 18.2 Å². The summed E-state index contributed by atoms with van der Waals surface area (Å²) in [4.78, 5) is 11.9. The van der Waals surface area contributed by atoms with Crippen molar-refractivity contribution in [3.63, 3.8) is 0 Å². The number of ether oxygens (including phenoxy) is 2. The summed E-state index contributed by atoms with van der Waals surface area (Å²) in [6.07, 6.45) is 1.95. The highest BCUT2D eigenvalue weighted by Gasteiger charge is 2.14. The molecule has 8 nitrogen and oxygen atoms in total. The van der Waals surface area contributed by atoms with Crippen LogP contribution >= 0.6 is 0 Å². The standard InChI is InChI=1S/C17H25N3O5S/c1-19(2)26(22,23)12-8-18-17(21)13-25-16-6-4-5-15-14(16)7-9-20(15)10-11-24-3/h4-7,9H,8,10-13H2,1-3H3,(H,18,21). The molecule has 1 aromatic heterocycles. The Balaban J connectivity index is 1.91. The van der Waals surface area contributed by atoms with Crippen LogP contribution in [0.4, 0.5) is 0 Å². The van der Waals surface area contributed by atoms with E-state index in [1.54, 1.807) is 13.2 Å². The van der Waals surface area contributed by atoms with Gasteiger partial charge in [0.1, 0.15) is 5.75 Å². The van der Waals surface area contributed by atoms with Crippen LogP contribution in [0.5, 0.6) is 5.75 Å². The number of fused-ring (bicyclic) bond motifs is 1. The lowest BCUT2D eigenvalue weighted by Crippen LogP contribution is -2.36. The minimum absolute atomic E-state index is 0.0420. The molecule has 1 N–H and O–H groups in total. The van der Waals surface area contributed by atoms with Gasteiger partial charge >= 0.3 is 0 Å². The Morgan fingerprint density at radius 2 is 2.04 bits per heavy atom. The topological polar surface area (TPSA) is 89.9 Å². The lowest BCUT2D eigenvalue weighted by Gasteiger charge is -2.12. The summed E-state index contributed by atoms with van der Waals surface area (Å²) in [5, 5.41) is 3.46. The highest BCUT2D eigenvalue weighted by Crippen LogP contribution is 2.26. The average molecular weight is 383 g/mol. The van der Waals surface area contributed by atoms with Crippen LogP contribution in [0, 0.1) is 0 Å².